The van der Waals surface area contributed by atoms with Crippen molar-refractivity contribution < 1.29 is 92.0 Å². The summed E-state index contributed by atoms with van der Waals surface area (Å²) >= 11 is 0. The fourth-order valence-corrected chi connectivity index (χ4v) is 7.77. The number of rotatable bonds is 14. The number of carbonyl (C=O) groups excluding carboxylic acids is 1. The van der Waals surface area contributed by atoms with E-state index in [1.54, 1.807) is 13.0 Å². The minimum atomic E-state index is -4.49. The number of phenolic OH excluding ortho intramolecular Hbond substituents is 2. The molecule has 0 aromatic heterocycles. The number of aryl methyl sites for hydroxylation is 2. The van der Waals surface area contributed by atoms with Gasteiger partial charge in [-0.15, -0.1) is 0 Å². The van der Waals surface area contributed by atoms with Gasteiger partial charge in [-0.05, 0) is 79.3 Å². The summed E-state index contributed by atoms with van der Waals surface area (Å²) in [6.07, 6.45) is 0. The number of phenols is 2. The van der Waals surface area contributed by atoms with Crippen molar-refractivity contribution in [1.29, 1.82) is 0 Å². The van der Waals surface area contributed by atoms with Crippen LogP contribution < -0.4 is 34.7 Å². The molecule has 50 heavy (non-hydrogen) atoms. The van der Waals surface area contributed by atoms with Gasteiger partial charge in [0.15, 0.2) is 5.60 Å². The molecule has 0 fully saturated rings. The van der Waals surface area contributed by atoms with Crippen LogP contribution in [0.1, 0.15) is 50.1 Å². The minimum absolute atomic E-state index is 0. The van der Waals surface area contributed by atoms with E-state index in [0.717, 1.165) is 9.80 Å². The Kier molecular flexibility index (Phi) is 12.5. The van der Waals surface area contributed by atoms with Crippen LogP contribution in [0.5, 0.6) is 11.5 Å². The molecule has 1 heterocycles. The molecule has 0 bridgehead atoms. The summed E-state index contributed by atoms with van der Waals surface area (Å²) in [5.74, 6) is -6.12. The van der Waals surface area contributed by atoms with Gasteiger partial charge in [-0.25, -0.2) is 4.18 Å². The molecule has 5 N–H and O–H groups in total. The Labute approximate surface area is 309 Å². The predicted octanol–water partition coefficient (Wildman–Crippen LogP) is -2.05. The zero-order chi connectivity index (χ0) is 36.6. The molecule has 1 aliphatic rings. The molecule has 15 nitrogen and oxygen atoms in total. The molecule has 17 heteroatoms. The van der Waals surface area contributed by atoms with E-state index in [9.17, 15) is 58.2 Å². The van der Waals surface area contributed by atoms with Crippen molar-refractivity contribution in [3.63, 3.8) is 0 Å². The number of carboxylic acids is 4. The molecule has 0 aliphatic carbocycles. The van der Waals surface area contributed by atoms with Gasteiger partial charge in [0.05, 0.1) is 25.6 Å². The number of carbonyl (C=O) groups is 4. The van der Waals surface area contributed by atoms with Crippen molar-refractivity contribution in [1.82, 2.24) is 9.80 Å². The summed E-state index contributed by atoms with van der Waals surface area (Å²) in [4.78, 5) is 48.1. The molecular formula is C33H35N2NaO13S. The van der Waals surface area contributed by atoms with Gasteiger partial charge in [-0.3, -0.25) is 24.2 Å². The first-order valence-corrected chi connectivity index (χ1v) is 16.2. The Morgan fingerprint density at radius 3 is 1.52 bits per heavy atom. The Bertz CT molecular complexity index is 1850. The summed E-state index contributed by atoms with van der Waals surface area (Å²) in [5, 5.41) is 62.2. The number of aromatic hydroxyl groups is 2. The summed E-state index contributed by atoms with van der Waals surface area (Å²) in [7, 11) is -4.49. The average Bonchev–Trinajstić information content (AvgIpc) is 3.23. The van der Waals surface area contributed by atoms with Crippen molar-refractivity contribution in [3.05, 3.63) is 86.5 Å². The van der Waals surface area contributed by atoms with Crippen LogP contribution in [0.25, 0.3) is 0 Å². The largest absolute Gasteiger partial charge is 1.00 e. The van der Waals surface area contributed by atoms with Gasteiger partial charge >= 0.3 is 47.5 Å². The van der Waals surface area contributed by atoms with Crippen molar-refractivity contribution in [2.24, 2.45) is 0 Å². The smallest absolute Gasteiger partial charge is 0.549 e. The van der Waals surface area contributed by atoms with E-state index in [4.69, 9.17) is 4.18 Å². The fraction of sp³-hybridized carbons (Fsp3) is 0.333. The normalized spacial score (nSPS) is 16.2. The number of hydrogen-bond donors (Lipinski definition) is 5. The maximum atomic E-state index is 13.7. The number of hydrogen-bond acceptors (Lipinski definition) is 12. The van der Waals surface area contributed by atoms with Crippen LogP contribution >= 0.6 is 0 Å². The van der Waals surface area contributed by atoms with Gasteiger partial charge in [0, 0.05) is 36.3 Å². The topological polar surface area (TPSA) is 242 Å². The number of fused-ring (bicyclic) bond motifs is 1. The molecule has 0 saturated carbocycles. The Morgan fingerprint density at radius 2 is 1.12 bits per heavy atom. The summed E-state index contributed by atoms with van der Waals surface area (Å²) < 4.78 is 33.6. The quantitative estimate of drug-likeness (QED) is 0.0889. The maximum absolute atomic E-state index is 13.7. The van der Waals surface area contributed by atoms with Gasteiger partial charge in [0.25, 0.3) is 10.1 Å². The third-order valence-corrected chi connectivity index (χ3v) is 9.84. The molecule has 262 valence electrons. The van der Waals surface area contributed by atoms with Gasteiger partial charge in [0.1, 0.15) is 16.4 Å². The van der Waals surface area contributed by atoms with Crippen molar-refractivity contribution >= 4 is 34.0 Å². The van der Waals surface area contributed by atoms with Crippen LogP contribution in [-0.2, 0) is 52.2 Å². The van der Waals surface area contributed by atoms with Crippen LogP contribution in [0.15, 0.2) is 41.3 Å². The molecule has 1 atom stereocenters. The second-order valence-electron chi connectivity index (χ2n) is 11.9. The van der Waals surface area contributed by atoms with Gasteiger partial charge in [-0.2, -0.15) is 8.42 Å². The second kappa shape index (κ2) is 15.5. The zero-order valence-corrected chi connectivity index (χ0v) is 30.8. The molecule has 1 unspecified atom stereocenters. The molecule has 0 spiro atoms. The first-order valence-electron chi connectivity index (χ1n) is 14.8. The van der Waals surface area contributed by atoms with Crippen LogP contribution in [0, 0.1) is 27.7 Å². The van der Waals surface area contributed by atoms with Crippen molar-refractivity contribution in [2.75, 3.05) is 26.2 Å². The minimum Gasteiger partial charge on any atom is -0.549 e. The van der Waals surface area contributed by atoms with Crippen LogP contribution in [0.4, 0.5) is 0 Å². The van der Waals surface area contributed by atoms with E-state index < -0.39 is 72.3 Å². The number of aliphatic carboxylic acids is 4. The molecule has 4 rings (SSSR count). The standard InChI is InChI=1S/C33H36N2O13S.Na/c1-17-9-24(19(3)21(31(17)44)11-34(13-27(36)37)14-28(38)39)33(23-7-5-6-8-26(23)49(46,47)48-33)25-10-18(2)32(45)22(20(25)4)12-35(15-29(40)41)16-30(42)43;/h5-10,44-45H,11-16H2,1-4H3,(H,36,37)(H,38,39)(H,40,41)(H,42,43);/q;+1/p-1. The number of benzene rings is 3. The first kappa shape index (κ1) is 40.4. The molecular weight excluding hydrogens is 687 g/mol. The molecule has 0 amide bonds. The Morgan fingerprint density at radius 1 is 0.720 bits per heavy atom. The van der Waals surface area contributed by atoms with E-state index >= 15 is 0 Å². The SMILES string of the molecule is Cc1cc(C2(c3cc(C)c(O)c(CN(CC(=O)O)CC(=O)O)c3C)OS(=O)(=O)c3ccccc32)c(C)c(CN(CC(=O)[O-])CC(=O)O)c1O.[Na+]. The van der Waals surface area contributed by atoms with Crippen molar-refractivity contribution in [2.45, 2.75) is 51.3 Å². The van der Waals surface area contributed by atoms with E-state index in [-0.39, 0.29) is 103 Å². The van der Waals surface area contributed by atoms with Gasteiger partial charge < -0.3 is 35.4 Å². The third-order valence-electron chi connectivity index (χ3n) is 8.48. The van der Waals surface area contributed by atoms with Crippen LogP contribution in [0.3, 0.4) is 0 Å². The Hall–Kier alpha value is -4.03. The summed E-state index contributed by atoms with van der Waals surface area (Å²) in [5.41, 5.74) is -0.385. The second-order valence-corrected chi connectivity index (χ2v) is 13.5. The number of carboxylic acid groups (broad SMARTS) is 4. The van der Waals surface area contributed by atoms with E-state index in [1.807, 2.05) is 0 Å². The molecule has 0 radical (unpaired) electrons. The average molecular weight is 723 g/mol. The molecule has 3 aromatic carbocycles. The molecule has 0 saturated heterocycles. The Balaban J connectivity index is 0.00000676. The summed E-state index contributed by atoms with van der Waals surface area (Å²) in [6, 6.07) is 8.94. The first-order chi connectivity index (χ1) is 22.8. The monoisotopic (exact) mass is 722 g/mol. The molecule has 1 aliphatic heterocycles. The van der Waals surface area contributed by atoms with Gasteiger partial charge in [-0.1, -0.05) is 18.2 Å². The zero-order valence-electron chi connectivity index (χ0n) is 28.0. The van der Waals surface area contributed by atoms with Crippen LogP contribution in [0.2, 0.25) is 0 Å². The molecule has 3 aromatic rings. The van der Waals surface area contributed by atoms with E-state index in [1.165, 1.54) is 51.1 Å². The number of nitrogens with zero attached hydrogens (tertiary/aromatic N) is 2. The van der Waals surface area contributed by atoms with E-state index in [2.05, 4.69) is 0 Å². The predicted molar refractivity (Wildman–Crippen MR) is 168 cm³/mol. The van der Waals surface area contributed by atoms with Crippen molar-refractivity contribution in [3.8, 4) is 11.5 Å². The van der Waals surface area contributed by atoms with Gasteiger partial charge in [0.2, 0.25) is 0 Å². The van der Waals surface area contributed by atoms with E-state index in [0.29, 0.717) is 0 Å². The summed E-state index contributed by atoms with van der Waals surface area (Å²) in [6.45, 7) is 2.46. The van der Waals surface area contributed by atoms with Crippen LogP contribution in [-0.4, -0.2) is 93.8 Å². The maximum Gasteiger partial charge on any atom is 1.00 e. The third kappa shape index (κ3) is 7.96. The fourth-order valence-electron chi connectivity index (χ4n) is 6.35.